The highest BCUT2D eigenvalue weighted by molar-refractivity contribution is 5.91. The Morgan fingerprint density at radius 3 is 2.44 bits per heavy atom. The molecule has 1 rings (SSSR count). The van der Waals surface area contributed by atoms with Gasteiger partial charge < -0.3 is 5.32 Å². The van der Waals surface area contributed by atoms with Crippen LogP contribution in [0.1, 0.15) is 31.9 Å². The van der Waals surface area contributed by atoms with Crippen molar-refractivity contribution in [2.24, 2.45) is 0 Å². The maximum Gasteiger partial charge on any atom is 0.244 e. The molecule has 2 nitrogen and oxygen atoms in total. The molecule has 0 spiro atoms. The van der Waals surface area contributed by atoms with Crippen LogP contribution in [0.3, 0.4) is 0 Å². The highest BCUT2D eigenvalue weighted by atomic mass is 16.1. The molecule has 1 amide bonds. The molecule has 1 aromatic carbocycles. The number of hydrogen-bond donors (Lipinski definition) is 1. The molecule has 0 aliphatic rings. The second-order valence-corrected chi connectivity index (χ2v) is 5.13. The Morgan fingerprint density at radius 2 is 1.94 bits per heavy atom. The zero-order chi connectivity index (χ0) is 13.6. The van der Waals surface area contributed by atoms with E-state index < -0.39 is 0 Å². The molecule has 0 saturated carbocycles. The number of carbonyl (C=O) groups is 1. The highest BCUT2D eigenvalue weighted by Crippen LogP contribution is 2.22. The topological polar surface area (TPSA) is 29.1 Å². The predicted molar refractivity (Wildman–Crippen MR) is 76.0 cm³/mol. The lowest BCUT2D eigenvalue weighted by Gasteiger charge is -2.18. The molecule has 0 fully saturated rings. The first-order chi connectivity index (χ1) is 8.43. The predicted octanol–water partition coefficient (Wildman–Crippen LogP) is 2.75. The van der Waals surface area contributed by atoms with Crippen LogP contribution in [0.2, 0.25) is 0 Å². The van der Waals surface area contributed by atoms with Crippen LogP contribution in [-0.2, 0) is 10.2 Å². The smallest absolute Gasteiger partial charge is 0.244 e. The third kappa shape index (κ3) is 4.47. The molecule has 0 unspecified atom stereocenters. The van der Waals surface area contributed by atoms with E-state index in [0.717, 1.165) is 5.56 Å². The molecule has 1 N–H and O–H groups in total. The molecule has 0 saturated heterocycles. The first-order valence-corrected chi connectivity index (χ1v) is 5.93. The van der Waals surface area contributed by atoms with E-state index in [1.807, 2.05) is 12.1 Å². The van der Waals surface area contributed by atoms with E-state index in [2.05, 4.69) is 44.1 Å². The molecule has 0 aromatic heterocycles. The molecule has 0 bridgehead atoms. The van der Waals surface area contributed by atoms with Crippen LogP contribution in [0.4, 0.5) is 0 Å². The normalized spacial score (nSPS) is 11.2. The Hall–Kier alpha value is -2.01. The van der Waals surface area contributed by atoms with E-state index in [0.29, 0.717) is 0 Å². The van der Waals surface area contributed by atoms with Crippen molar-refractivity contribution in [1.82, 2.24) is 5.32 Å². The fourth-order valence-corrected chi connectivity index (χ4v) is 1.46. The molecule has 0 heterocycles. The SMILES string of the molecule is C#CCNC(=O)C=Cc1ccc(C(C)(C)C)cc1. The van der Waals surface area contributed by atoms with Crippen molar-refractivity contribution >= 4 is 12.0 Å². The minimum atomic E-state index is -0.173. The third-order valence-electron chi connectivity index (χ3n) is 2.57. The van der Waals surface area contributed by atoms with Crippen molar-refractivity contribution in [3.63, 3.8) is 0 Å². The van der Waals surface area contributed by atoms with Crippen LogP contribution in [0.25, 0.3) is 6.08 Å². The zero-order valence-corrected chi connectivity index (χ0v) is 11.2. The molecule has 18 heavy (non-hydrogen) atoms. The Balaban J connectivity index is 2.67. The van der Waals surface area contributed by atoms with Crippen LogP contribution >= 0.6 is 0 Å². The van der Waals surface area contributed by atoms with Crippen molar-refractivity contribution in [1.29, 1.82) is 0 Å². The van der Waals surface area contributed by atoms with E-state index in [-0.39, 0.29) is 17.9 Å². The van der Waals surface area contributed by atoms with Gasteiger partial charge in [-0.1, -0.05) is 51.0 Å². The second-order valence-electron chi connectivity index (χ2n) is 5.13. The summed E-state index contributed by atoms with van der Waals surface area (Å²) in [5.41, 5.74) is 2.42. The fraction of sp³-hybridized carbons (Fsp3) is 0.312. The van der Waals surface area contributed by atoms with Crippen molar-refractivity contribution in [3.8, 4) is 12.3 Å². The molecule has 0 atom stereocenters. The highest BCUT2D eigenvalue weighted by Gasteiger charge is 2.12. The van der Waals surface area contributed by atoms with Crippen molar-refractivity contribution in [2.45, 2.75) is 26.2 Å². The molecule has 94 valence electrons. The summed E-state index contributed by atoms with van der Waals surface area (Å²) in [6.07, 6.45) is 8.32. The first kappa shape index (κ1) is 14.1. The Bertz CT molecular complexity index is 469. The van der Waals surface area contributed by atoms with E-state index in [4.69, 9.17) is 6.42 Å². The van der Waals surface area contributed by atoms with Crippen molar-refractivity contribution < 1.29 is 4.79 Å². The number of amides is 1. The van der Waals surface area contributed by atoms with Crippen LogP contribution in [0.15, 0.2) is 30.3 Å². The summed E-state index contributed by atoms with van der Waals surface area (Å²) in [6.45, 7) is 6.77. The minimum absolute atomic E-state index is 0.145. The quantitative estimate of drug-likeness (QED) is 0.640. The van der Waals surface area contributed by atoms with Gasteiger partial charge in [-0.3, -0.25) is 4.79 Å². The van der Waals surface area contributed by atoms with Gasteiger partial charge in [-0.15, -0.1) is 6.42 Å². The lowest BCUT2D eigenvalue weighted by atomic mass is 9.87. The Labute approximate surface area is 109 Å². The molecular formula is C16H19NO. The van der Waals surface area contributed by atoms with Gasteiger partial charge in [-0.25, -0.2) is 0 Å². The maximum atomic E-state index is 11.3. The van der Waals surface area contributed by atoms with E-state index >= 15 is 0 Å². The molecule has 2 heteroatoms. The van der Waals surface area contributed by atoms with Gasteiger partial charge in [0, 0.05) is 6.08 Å². The van der Waals surface area contributed by atoms with Crippen LogP contribution < -0.4 is 5.32 Å². The van der Waals surface area contributed by atoms with Crippen LogP contribution in [0, 0.1) is 12.3 Å². The van der Waals surface area contributed by atoms with Gasteiger partial charge in [-0.05, 0) is 22.6 Å². The number of rotatable bonds is 3. The number of hydrogen-bond acceptors (Lipinski definition) is 1. The van der Waals surface area contributed by atoms with Gasteiger partial charge in [0.1, 0.15) is 0 Å². The summed E-state index contributed by atoms with van der Waals surface area (Å²) in [5, 5.41) is 2.58. The minimum Gasteiger partial charge on any atom is -0.342 e. The van der Waals surface area contributed by atoms with E-state index in [1.165, 1.54) is 11.6 Å². The van der Waals surface area contributed by atoms with Crippen LogP contribution in [-0.4, -0.2) is 12.5 Å². The van der Waals surface area contributed by atoms with Gasteiger partial charge >= 0.3 is 0 Å². The number of nitrogens with one attached hydrogen (secondary N) is 1. The Kier molecular flexibility index (Phi) is 4.74. The summed E-state index contributed by atoms with van der Waals surface area (Å²) in [6, 6.07) is 8.18. The average Bonchev–Trinajstić information content (AvgIpc) is 2.33. The van der Waals surface area contributed by atoms with Gasteiger partial charge in [0.05, 0.1) is 6.54 Å². The maximum absolute atomic E-state index is 11.3. The van der Waals surface area contributed by atoms with Gasteiger partial charge in [0.15, 0.2) is 0 Å². The summed E-state index contributed by atoms with van der Waals surface area (Å²) < 4.78 is 0. The summed E-state index contributed by atoms with van der Waals surface area (Å²) in [7, 11) is 0. The zero-order valence-electron chi connectivity index (χ0n) is 11.2. The lowest BCUT2D eigenvalue weighted by molar-refractivity contribution is -0.116. The molecule has 1 aromatic rings. The fourth-order valence-electron chi connectivity index (χ4n) is 1.46. The summed E-state index contributed by atoms with van der Waals surface area (Å²) in [4.78, 5) is 11.3. The lowest BCUT2D eigenvalue weighted by Crippen LogP contribution is -2.20. The largest absolute Gasteiger partial charge is 0.342 e. The number of terminal acetylenes is 1. The van der Waals surface area contributed by atoms with Gasteiger partial charge in [-0.2, -0.15) is 0 Å². The average molecular weight is 241 g/mol. The van der Waals surface area contributed by atoms with Gasteiger partial charge in [0.2, 0.25) is 5.91 Å². The summed E-state index contributed by atoms with van der Waals surface area (Å²) in [5.74, 6) is 2.18. The Morgan fingerprint density at radius 1 is 1.33 bits per heavy atom. The second kappa shape index (κ2) is 6.07. The molecule has 0 radical (unpaired) electrons. The van der Waals surface area contributed by atoms with Crippen molar-refractivity contribution in [3.05, 3.63) is 41.5 Å². The molecular weight excluding hydrogens is 222 g/mol. The standard InChI is InChI=1S/C16H19NO/c1-5-12-17-15(18)11-8-13-6-9-14(10-7-13)16(2,3)4/h1,6-11H,12H2,2-4H3,(H,17,18). The summed E-state index contributed by atoms with van der Waals surface area (Å²) >= 11 is 0. The molecule has 0 aliphatic carbocycles. The number of benzene rings is 1. The van der Waals surface area contributed by atoms with E-state index in [1.54, 1.807) is 6.08 Å². The van der Waals surface area contributed by atoms with E-state index in [9.17, 15) is 4.79 Å². The molecule has 0 aliphatic heterocycles. The monoisotopic (exact) mass is 241 g/mol. The van der Waals surface area contributed by atoms with Crippen molar-refractivity contribution in [2.75, 3.05) is 6.54 Å². The van der Waals surface area contributed by atoms with Crippen LogP contribution in [0.5, 0.6) is 0 Å². The first-order valence-electron chi connectivity index (χ1n) is 5.93. The van der Waals surface area contributed by atoms with Gasteiger partial charge in [0.25, 0.3) is 0 Å². The third-order valence-corrected chi connectivity index (χ3v) is 2.57. The number of carbonyl (C=O) groups excluding carboxylic acids is 1.